The van der Waals surface area contributed by atoms with Crippen LogP contribution in [-0.4, -0.2) is 0 Å². The van der Waals surface area contributed by atoms with Crippen LogP contribution in [-0.2, 0) is 18.2 Å². The Morgan fingerprint density at radius 2 is 0.778 bits per heavy atom. The molecule has 3 heteroatoms. The SMILES string of the molecule is CC(C)c1cccc(C(C)C)c1[N]=[Mo+2]=[N]c1c(C(C)C)cccc1C(C)C. The van der Waals surface area contributed by atoms with Crippen LogP contribution < -0.4 is 0 Å². The van der Waals surface area contributed by atoms with Crippen molar-refractivity contribution in [1.82, 2.24) is 0 Å². The van der Waals surface area contributed by atoms with Crippen LogP contribution in [0.1, 0.15) is 101 Å². The van der Waals surface area contributed by atoms with Gasteiger partial charge in [-0.1, -0.05) is 0 Å². The summed E-state index contributed by atoms with van der Waals surface area (Å²) in [5.74, 6) is 1.90. The third-order valence-corrected chi connectivity index (χ3v) is 6.25. The molecule has 0 heterocycles. The molecule has 2 rings (SSSR count). The van der Waals surface area contributed by atoms with Crippen molar-refractivity contribution in [3.05, 3.63) is 58.7 Å². The molecule has 0 saturated heterocycles. The molecule has 0 amide bonds. The first kappa shape index (κ1) is 22.0. The molecule has 0 N–H and O–H groups in total. The Balaban J connectivity index is 2.62. The molecule has 0 aliphatic carbocycles. The number of nitrogens with zero attached hydrogens (tertiary/aromatic N) is 2. The first-order valence-corrected chi connectivity index (χ1v) is 11.9. The van der Waals surface area contributed by atoms with Gasteiger partial charge in [0.25, 0.3) is 0 Å². The predicted octanol–water partition coefficient (Wildman–Crippen LogP) is 8.59. The van der Waals surface area contributed by atoms with Gasteiger partial charge in [-0.05, 0) is 0 Å². The van der Waals surface area contributed by atoms with E-state index < -0.39 is 18.2 Å². The molecule has 0 spiro atoms. The Hall–Kier alpha value is -1.27. The summed E-state index contributed by atoms with van der Waals surface area (Å²) in [5.41, 5.74) is 7.79. The van der Waals surface area contributed by atoms with E-state index in [9.17, 15) is 0 Å². The van der Waals surface area contributed by atoms with Crippen LogP contribution in [0.3, 0.4) is 0 Å². The summed E-state index contributed by atoms with van der Waals surface area (Å²) in [4.78, 5) is 0. The topological polar surface area (TPSA) is 24.7 Å². The standard InChI is InChI=1S/2C12H17N.Mo/c2*1-8(2)10-6-5-7-11(9(3)4)12(10)13;/h2*5-9H,1-4H3;/q;;+2. The van der Waals surface area contributed by atoms with Crippen LogP contribution >= 0.6 is 0 Å². The summed E-state index contributed by atoms with van der Waals surface area (Å²) in [5, 5.41) is 0. The summed E-state index contributed by atoms with van der Waals surface area (Å²) in [6.45, 7) is 18.0. The van der Waals surface area contributed by atoms with Gasteiger partial charge in [0.15, 0.2) is 0 Å². The Morgan fingerprint density at radius 1 is 0.519 bits per heavy atom. The summed E-state index contributed by atoms with van der Waals surface area (Å²) in [6, 6.07) is 13.3. The Morgan fingerprint density at radius 3 is 1.00 bits per heavy atom. The molecular weight excluding hydrogens is 412 g/mol. The normalized spacial score (nSPS) is 11.4. The molecule has 0 fully saturated rings. The Bertz CT molecular complexity index is 721. The molecule has 2 nitrogen and oxygen atoms in total. The van der Waals surface area contributed by atoms with Crippen molar-refractivity contribution in [2.45, 2.75) is 79.1 Å². The van der Waals surface area contributed by atoms with Gasteiger partial charge in [0.2, 0.25) is 0 Å². The first-order valence-electron chi connectivity index (χ1n) is 10.1. The minimum atomic E-state index is -0.857. The van der Waals surface area contributed by atoms with E-state index in [1.165, 1.54) is 33.6 Å². The van der Waals surface area contributed by atoms with E-state index in [0.29, 0.717) is 23.7 Å². The molecule has 0 radical (unpaired) electrons. The van der Waals surface area contributed by atoms with E-state index in [1.54, 1.807) is 0 Å². The van der Waals surface area contributed by atoms with E-state index in [4.69, 9.17) is 6.99 Å². The average Bonchev–Trinajstić information content (AvgIpc) is 2.61. The summed E-state index contributed by atoms with van der Waals surface area (Å²) in [7, 11) is 0. The summed E-state index contributed by atoms with van der Waals surface area (Å²) < 4.78 is 10.2. The Kier molecular flexibility index (Phi) is 7.98. The summed E-state index contributed by atoms with van der Waals surface area (Å²) in [6.07, 6.45) is 0. The van der Waals surface area contributed by atoms with E-state index in [-0.39, 0.29) is 0 Å². The van der Waals surface area contributed by atoms with Crippen molar-refractivity contribution >= 4 is 11.4 Å². The van der Waals surface area contributed by atoms with E-state index in [0.717, 1.165) is 0 Å². The number of hydrogen-bond donors (Lipinski definition) is 0. The van der Waals surface area contributed by atoms with Crippen LogP contribution in [0, 0.1) is 0 Å². The van der Waals surface area contributed by atoms with Gasteiger partial charge in [-0.3, -0.25) is 0 Å². The molecular formula is C24H34MoN2+2. The molecule has 144 valence electrons. The molecule has 0 saturated carbocycles. The van der Waals surface area contributed by atoms with Gasteiger partial charge in [0.05, 0.1) is 0 Å². The third-order valence-electron chi connectivity index (χ3n) is 4.95. The van der Waals surface area contributed by atoms with Gasteiger partial charge >= 0.3 is 174 Å². The first-order chi connectivity index (χ1) is 12.7. The van der Waals surface area contributed by atoms with Crippen molar-refractivity contribution in [1.29, 1.82) is 0 Å². The van der Waals surface area contributed by atoms with Crippen LogP contribution in [0.25, 0.3) is 0 Å². The molecule has 2 aromatic carbocycles. The van der Waals surface area contributed by atoms with E-state index in [2.05, 4.69) is 91.8 Å². The van der Waals surface area contributed by atoms with Gasteiger partial charge < -0.3 is 0 Å². The van der Waals surface area contributed by atoms with Crippen LogP contribution in [0.5, 0.6) is 0 Å². The summed E-state index contributed by atoms with van der Waals surface area (Å²) >= 11 is -0.857. The fourth-order valence-electron chi connectivity index (χ4n) is 3.34. The maximum atomic E-state index is 5.11. The minimum absolute atomic E-state index is 0.476. The van der Waals surface area contributed by atoms with Crippen molar-refractivity contribution in [2.24, 2.45) is 6.99 Å². The molecule has 0 unspecified atom stereocenters. The number of rotatable bonds is 6. The molecule has 2 aromatic rings. The molecule has 0 aromatic heterocycles. The van der Waals surface area contributed by atoms with Gasteiger partial charge in [-0.15, -0.1) is 0 Å². The number of hydrogen-bond acceptors (Lipinski definition) is 2. The van der Waals surface area contributed by atoms with Gasteiger partial charge in [0.1, 0.15) is 0 Å². The second-order valence-corrected chi connectivity index (χ2v) is 9.75. The van der Waals surface area contributed by atoms with E-state index in [1.807, 2.05) is 0 Å². The number of benzene rings is 2. The predicted molar refractivity (Wildman–Crippen MR) is 113 cm³/mol. The second-order valence-electron chi connectivity index (χ2n) is 8.45. The zero-order chi connectivity index (χ0) is 20.1. The van der Waals surface area contributed by atoms with Crippen molar-refractivity contribution in [3.8, 4) is 0 Å². The maximum absolute atomic E-state index is 5.11. The van der Waals surface area contributed by atoms with Gasteiger partial charge in [-0.25, -0.2) is 0 Å². The second kappa shape index (κ2) is 9.78. The van der Waals surface area contributed by atoms with E-state index >= 15 is 0 Å². The van der Waals surface area contributed by atoms with Crippen molar-refractivity contribution in [2.75, 3.05) is 0 Å². The molecule has 27 heavy (non-hydrogen) atoms. The van der Waals surface area contributed by atoms with Gasteiger partial charge in [0, 0.05) is 0 Å². The quantitative estimate of drug-likeness (QED) is 0.397. The third kappa shape index (κ3) is 5.38. The zero-order valence-electron chi connectivity index (χ0n) is 18.1. The monoisotopic (exact) mass is 448 g/mol. The average molecular weight is 446 g/mol. The van der Waals surface area contributed by atoms with Crippen LogP contribution in [0.15, 0.2) is 43.4 Å². The Labute approximate surface area is 174 Å². The zero-order valence-corrected chi connectivity index (χ0v) is 20.1. The van der Waals surface area contributed by atoms with Crippen LogP contribution in [0.2, 0.25) is 0 Å². The molecule has 0 aliphatic heterocycles. The molecule has 0 aliphatic rings. The van der Waals surface area contributed by atoms with Crippen molar-refractivity contribution < 1.29 is 18.2 Å². The van der Waals surface area contributed by atoms with Gasteiger partial charge in [-0.2, -0.15) is 0 Å². The molecule has 0 bridgehead atoms. The van der Waals surface area contributed by atoms with Crippen molar-refractivity contribution in [3.63, 3.8) is 0 Å². The fourth-order valence-corrected chi connectivity index (χ4v) is 4.87. The van der Waals surface area contributed by atoms with Crippen LogP contribution in [0.4, 0.5) is 11.4 Å². The molecule has 0 atom stereocenters. The fraction of sp³-hybridized carbons (Fsp3) is 0.500.